The molecule has 2 rings (SSSR count). The van der Waals surface area contributed by atoms with E-state index in [-0.39, 0.29) is 16.4 Å². The Morgan fingerprint density at radius 3 is 2.81 bits per heavy atom. The number of hydrogen-bond acceptors (Lipinski definition) is 6. The molecule has 0 saturated heterocycles. The van der Waals surface area contributed by atoms with Gasteiger partial charge in [-0.3, -0.25) is 4.79 Å². The second-order valence-electron chi connectivity index (χ2n) is 4.96. The van der Waals surface area contributed by atoms with Crippen LogP contribution in [0.25, 0.3) is 10.2 Å². The van der Waals surface area contributed by atoms with Gasteiger partial charge in [0.2, 0.25) is 5.91 Å². The van der Waals surface area contributed by atoms with E-state index in [0.717, 1.165) is 10.2 Å². The van der Waals surface area contributed by atoms with E-state index in [1.165, 1.54) is 23.1 Å². The van der Waals surface area contributed by atoms with Crippen molar-refractivity contribution in [2.75, 3.05) is 11.1 Å². The molecule has 1 aromatic carbocycles. The van der Waals surface area contributed by atoms with Crippen molar-refractivity contribution in [1.29, 1.82) is 0 Å². The molecule has 0 radical (unpaired) electrons. The van der Waals surface area contributed by atoms with E-state index in [9.17, 15) is 9.90 Å². The van der Waals surface area contributed by atoms with Crippen LogP contribution < -0.4 is 11.1 Å². The molecule has 1 aromatic heterocycles. The quantitative estimate of drug-likeness (QED) is 0.736. The summed E-state index contributed by atoms with van der Waals surface area (Å²) in [4.78, 5) is 16.5. The van der Waals surface area contributed by atoms with Crippen LogP contribution in [0.15, 0.2) is 18.2 Å². The van der Waals surface area contributed by atoms with E-state index >= 15 is 0 Å². The van der Waals surface area contributed by atoms with Crippen LogP contribution in [-0.2, 0) is 4.79 Å². The van der Waals surface area contributed by atoms with Crippen molar-refractivity contribution in [3.05, 3.63) is 18.2 Å². The summed E-state index contributed by atoms with van der Waals surface area (Å²) < 4.78 is 0.947. The molecule has 21 heavy (non-hydrogen) atoms. The lowest BCUT2D eigenvalue weighted by Crippen LogP contribution is -2.27. The number of fused-ring (bicyclic) bond motifs is 1. The highest BCUT2D eigenvalue weighted by Crippen LogP contribution is 2.28. The van der Waals surface area contributed by atoms with Gasteiger partial charge < -0.3 is 16.2 Å². The van der Waals surface area contributed by atoms with Crippen LogP contribution in [0.5, 0.6) is 0 Å². The highest BCUT2D eigenvalue weighted by atomic mass is 32.2. The highest BCUT2D eigenvalue weighted by molar-refractivity contribution is 8.01. The topological polar surface area (TPSA) is 88.2 Å². The van der Waals surface area contributed by atoms with Crippen molar-refractivity contribution >= 4 is 50.0 Å². The number of nitrogens with one attached hydrogen (secondary N) is 1. The monoisotopic (exact) mass is 325 g/mol. The number of anilines is 2. The molecule has 0 spiro atoms. The number of aliphatic hydroxyl groups excluding tert-OH is 1. The van der Waals surface area contributed by atoms with Crippen molar-refractivity contribution in [3.63, 3.8) is 0 Å². The van der Waals surface area contributed by atoms with Crippen LogP contribution in [0, 0.1) is 0 Å². The van der Waals surface area contributed by atoms with Gasteiger partial charge in [-0.05, 0) is 32.0 Å². The van der Waals surface area contributed by atoms with Gasteiger partial charge in [-0.1, -0.05) is 18.3 Å². The largest absolute Gasteiger partial charge is 0.399 e. The molecule has 3 atom stereocenters. The lowest BCUT2D eigenvalue weighted by molar-refractivity contribution is -0.115. The van der Waals surface area contributed by atoms with E-state index < -0.39 is 6.10 Å². The minimum absolute atomic E-state index is 0.000848. The number of aliphatic hydroxyl groups is 1. The van der Waals surface area contributed by atoms with E-state index in [0.29, 0.717) is 10.8 Å². The molecule has 1 heterocycles. The molecule has 1 amide bonds. The molecule has 0 bridgehead atoms. The molecule has 4 N–H and O–H groups in total. The maximum atomic E-state index is 12.1. The zero-order valence-electron chi connectivity index (χ0n) is 12.2. The average Bonchev–Trinajstić information content (AvgIpc) is 2.79. The third-order valence-electron chi connectivity index (χ3n) is 3.11. The number of carbonyl (C=O) groups is 1. The van der Waals surface area contributed by atoms with Gasteiger partial charge in [-0.25, -0.2) is 4.98 Å². The number of amides is 1. The van der Waals surface area contributed by atoms with E-state index in [4.69, 9.17) is 5.73 Å². The van der Waals surface area contributed by atoms with Crippen molar-refractivity contribution < 1.29 is 9.90 Å². The van der Waals surface area contributed by atoms with Crippen LogP contribution in [0.3, 0.4) is 0 Å². The minimum Gasteiger partial charge on any atom is -0.399 e. The van der Waals surface area contributed by atoms with Gasteiger partial charge in [0.1, 0.15) is 0 Å². The summed E-state index contributed by atoms with van der Waals surface area (Å²) in [5.74, 6) is -0.112. The zero-order valence-corrected chi connectivity index (χ0v) is 13.8. The number of aromatic nitrogens is 1. The molecule has 0 saturated carbocycles. The van der Waals surface area contributed by atoms with Crippen molar-refractivity contribution in [3.8, 4) is 0 Å². The fraction of sp³-hybridized carbons (Fsp3) is 0.429. The highest BCUT2D eigenvalue weighted by Gasteiger charge is 2.20. The fourth-order valence-electron chi connectivity index (χ4n) is 1.70. The Hall–Kier alpha value is -1.31. The number of thiazole rings is 1. The summed E-state index contributed by atoms with van der Waals surface area (Å²) in [6.45, 7) is 5.45. The number of carbonyl (C=O) groups excluding carboxylic acids is 1. The maximum absolute atomic E-state index is 12.1. The fourth-order valence-corrected chi connectivity index (χ4v) is 3.67. The SMILES string of the molecule is CC(SC(C)C(C)O)C(=O)Nc1nc2ccc(N)cc2s1. The number of nitrogens with two attached hydrogens (primary N) is 1. The molecular weight excluding hydrogens is 306 g/mol. The number of nitrogens with zero attached hydrogens (tertiary/aromatic N) is 1. The first-order valence-corrected chi connectivity index (χ1v) is 8.43. The van der Waals surface area contributed by atoms with Gasteiger partial charge in [-0.15, -0.1) is 11.8 Å². The second kappa shape index (κ2) is 6.64. The first-order valence-electron chi connectivity index (χ1n) is 6.67. The first-order chi connectivity index (χ1) is 9.86. The van der Waals surface area contributed by atoms with Crippen LogP contribution >= 0.6 is 23.1 Å². The average molecular weight is 325 g/mol. The Kier molecular flexibility index (Phi) is 5.08. The molecule has 3 unspecified atom stereocenters. The van der Waals surface area contributed by atoms with Crippen LogP contribution in [0.2, 0.25) is 0 Å². The standard InChI is InChI=1S/C14H19N3O2S2/c1-7(18)8(2)20-9(3)13(19)17-14-16-11-5-4-10(15)6-12(11)21-14/h4-9,18H,15H2,1-3H3,(H,16,17,19). The van der Waals surface area contributed by atoms with Gasteiger partial charge in [0.25, 0.3) is 0 Å². The first kappa shape index (κ1) is 16.1. The Morgan fingerprint density at radius 1 is 1.43 bits per heavy atom. The van der Waals surface area contributed by atoms with E-state index in [1.54, 1.807) is 13.0 Å². The normalized spacial score (nSPS) is 15.6. The van der Waals surface area contributed by atoms with E-state index in [2.05, 4.69) is 10.3 Å². The van der Waals surface area contributed by atoms with Crippen LogP contribution in [0.1, 0.15) is 20.8 Å². The number of thioether (sulfide) groups is 1. The summed E-state index contributed by atoms with van der Waals surface area (Å²) in [6.07, 6.45) is -0.448. The van der Waals surface area contributed by atoms with Crippen LogP contribution in [0.4, 0.5) is 10.8 Å². The third-order valence-corrected chi connectivity index (χ3v) is 5.49. The summed E-state index contributed by atoms with van der Waals surface area (Å²) in [6, 6.07) is 5.47. The molecule has 0 aliphatic carbocycles. The van der Waals surface area contributed by atoms with E-state index in [1.807, 2.05) is 26.0 Å². The zero-order chi connectivity index (χ0) is 15.6. The molecule has 7 heteroatoms. The number of rotatable bonds is 5. The minimum atomic E-state index is -0.448. The molecular formula is C14H19N3O2S2. The molecule has 114 valence electrons. The van der Waals surface area contributed by atoms with Gasteiger partial charge >= 0.3 is 0 Å². The summed E-state index contributed by atoms with van der Waals surface area (Å²) in [5.41, 5.74) is 7.23. The number of nitrogen functional groups attached to an aromatic ring is 1. The Morgan fingerprint density at radius 2 is 2.14 bits per heavy atom. The maximum Gasteiger partial charge on any atom is 0.238 e. The van der Waals surface area contributed by atoms with Gasteiger partial charge in [0.05, 0.1) is 21.6 Å². The van der Waals surface area contributed by atoms with Crippen molar-refractivity contribution in [1.82, 2.24) is 4.98 Å². The summed E-state index contributed by atoms with van der Waals surface area (Å²) in [5, 5.41) is 12.6. The smallest absolute Gasteiger partial charge is 0.238 e. The van der Waals surface area contributed by atoms with Gasteiger partial charge in [-0.2, -0.15) is 0 Å². The number of hydrogen-bond donors (Lipinski definition) is 3. The van der Waals surface area contributed by atoms with Crippen molar-refractivity contribution in [2.45, 2.75) is 37.4 Å². The predicted octanol–water partition coefficient (Wildman–Crippen LogP) is 2.71. The van der Waals surface area contributed by atoms with Gasteiger partial charge in [0, 0.05) is 10.9 Å². The third kappa shape index (κ3) is 4.09. The molecule has 0 fully saturated rings. The summed E-state index contributed by atoms with van der Waals surface area (Å²) in [7, 11) is 0. The molecule has 5 nitrogen and oxygen atoms in total. The second-order valence-corrected chi connectivity index (χ2v) is 7.71. The van der Waals surface area contributed by atoms with Crippen LogP contribution in [-0.4, -0.2) is 32.6 Å². The molecule has 0 aliphatic heterocycles. The predicted molar refractivity (Wildman–Crippen MR) is 90.9 cm³/mol. The lowest BCUT2D eigenvalue weighted by Gasteiger charge is -2.18. The lowest BCUT2D eigenvalue weighted by atomic mass is 10.3. The Labute approximate surface area is 131 Å². The van der Waals surface area contributed by atoms with Crippen molar-refractivity contribution in [2.24, 2.45) is 0 Å². The Bertz CT molecular complexity index is 642. The molecule has 2 aromatic rings. The molecule has 0 aliphatic rings. The summed E-state index contributed by atoms with van der Waals surface area (Å²) >= 11 is 2.84. The Balaban J connectivity index is 2.03. The van der Waals surface area contributed by atoms with Gasteiger partial charge in [0.15, 0.2) is 5.13 Å². The number of benzene rings is 1.